The molecular formula is C23H22N6O2S. The van der Waals surface area contributed by atoms with Crippen LogP contribution in [0.25, 0.3) is 5.69 Å². The standard InChI is InChI=1S/C23H22N6O2S/c1-15-10-18(11-16(2)21(15)31-14-17-6-5-9-24-13-17)22(30)25-19-7-4-8-20(12-19)29-23(32-3)26-27-28-29/h4-13H,14H2,1-3H3,(H,25,30). The van der Waals surface area contributed by atoms with E-state index in [1.54, 1.807) is 17.1 Å². The van der Waals surface area contributed by atoms with E-state index in [0.717, 1.165) is 28.1 Å². The number of benzene rings is 2. The summed E-state index contributed by atoms with van der Waals surface area (Å²) in [6.07, 6.45) is 5.41. The van der Waals surface area contributed by atoms with Gasteiger partial charge in [-0.2, -0.15) is 4.68 Å². The predicted octanol–water partition coefficient (Wildman–Crippen LogP) is 4.23. The summed E-state index contributed by atoms with van der Waals surface area (Å²) in [6, 6.07) is 14.9. The van der Waals surface area contributed by atoms with Crippen molar-refractivity contribution in [3.05, 3.63) is 83.2 Å². The van der Waals surface area contributed by atoms with E-state index in [4.69, 9.17) is 4.74 Å². The van der Waals surface area contributed by atoms with Crippen LogP contribution in [0.1, 0.15) is 27.0 Å². The molecule has 1 amide bonds. The number of aryl methyl sites for hydroxylation is 2. The highest BCUT2D eigenvalue weighted by Gasteiger charge is 2.14. The first-order valence-corrected chi connectivity index (χ1v) is 11.1. The van der Waals surface area contributed by atoms with Crippen LogP contribution in [0.5, 0.6) is 5.75 Å². The number of ether oxygens (including phenoxy) is 1. The summed E-state index contributed by atoms with van der Waals surface area (Å²) in [6.45, 7) is 4.29. The van der Waals surface area contributed by atoms with Crippen molar-refractivity contribution in [2.45, 2.75) is 25.6 Å². The number of carbonyl (C=O) groups is 1. The highest BCUT2D eigenvalue weighted by molar-refractivity contribution is 7.98. The molecule has 0 spiro atoms. The van der Waals surface area contributed by atoms with Crippen LogP contribution in [-0.2, 0) is 6.61 Å². The molecule has 0 radical (unpaired) electrons. The van der Waals surface area contributed by atoms with Crippen molar-refractivity contribution >= 4 is 23.4 Å². The van der Waals surface area contributed by atoms with E-state index in [1.165, 1.54) is 11.8 Å². The third-order valence-corrected chi connectivity index (χ3v) is 5.42. The molecule has 8 nitrogen and oxygen atoms in total. The maximum atomic E-state index is 12.9. The van der Waals surface area contributed by atoms with Gasteiger partial charge in [-0.1, -0.05) is 23.9 Å². The van der Waals surface area contributed by atoms with Crippen LogP contribution in [0.15, 0.2) is 66.1 Å². The Morgan fingerprint density at radius 3 is 2.66 bits per heavy atom. The van der Waals surface area contributed by atoms with Crippen LogP contribution in [0.3, 0.4) is 0 Å². The average Bonchev–Trinajstić information content (AvgIpc) is 3.28. The van der Waals surface area contributed by atoms with E-state index in [0.29, 0.717) is 23.0 Å². The van der Waals surface area contributed by atoms with Crippen LogP contribution in [0.4, 0.5) is 5.69 Å². The van der Waals surface area contributed by atoms with Gasteiger partial charge in [0.2, 0.25) is 5.16 Å². The van der Waals surface area contributed by atoms with Gasteiger partial charge in [0.15, 0.2) is 0 Å². The summed E-state index contributed by atoms with van der Waals surface area (Å²) >= 11 is 1.44. The molecule has 4 aromatic rings. The van der Waals surface area contributed by atoms with Crippen molar-refractivity contribution < 1.29 is 9.53 Å². The van der Waals surface area contributed by atoms with Gasteiger partial charge in [-0.05, 0) is 78.1 Å². The lowest BCUT2D eigenvalue weighted by molar-refractivity contribution is 0.102. The molecule has 0 fully saturated rings. The summed E-state index contributed by atoms with van der Waals surface area (Å²) in [5, 5.41) is 15.3. The number of nitrogens with one attached hydrogen (secondary N) is 1. The first-order chi connectivity index (χ1) is 15.5. The van der Waals surface area contributed by atoms with Gasteiger partial charge >= 0.3 is 0 Å². The van der Waals surface area contributed by atoms with Crippen LogP contribution in [-0.4, -0.2) is 37.4 Å². The molecule has 162 valence electrons. The number of hydrogen-bond donors (Lipinski definition) is 1. The van der Waals surface area contributed by atoms with Crippen molar-refractivity contribution in [3.63, 3.8) is 0 Å². The number of anilines is 1. The van der Waals surface area contributed by atoms with Crippen LogP contribution in [0, 0.1) is 13.8 Å². The van der Waals surface area contributed by atoms with Gasteiger partial charge < -0.3 is 10.1 Å². The van der Waals surface area contributed by atoms with Gasteiger partial charge in [0.05, 0.1) is 5.69 Å². The van der Waals surface area contributed by atoms with E-state index in [-0.39, 0.29) is 5.91 Å². The molecule has 2 aromatic heterocycles. The first-order valence-electron chi connectivity index (χ1n) is 9.92. The molecule has 2 heterocycles. The summed E-state index contributed by atoms with van der Waals surface area (Å²) in [7, 11) is 0. The number of carbonyl (C=O) groups excluding carboxylic acids is 1. The summed E-state index contributed by atoms with van der Waals surface area (Å²) in [4.78, 5) is 17.0. The second kappa shape index (κ2) is 9.61. The van der Waals surface area contributed by atoms with Crippen molar-refractivity contribution in [1.82, 2.24) is 25.2 Å². The van der Waals surface area contributed by atoms with Crippen molar-refractivity contribution in [2.24, 2.45) is 0 Å². The number of aromatic nitrogens is 5. The molecule has 0 saturated carbocycles. The molecule has 2 aromatic carbocycles. The van der Waals surface area contributed by atoms with E-state index in [9.17, 15) is 4.79 Å². The third-order valence-electron chi connectivity index (χ3n) is 4.80. The second-order valence-corrected chi connectivity index (χ2v) is 7.94. The van der Waals surface area contributed by atoms with Crippen LogP contribution in [0.2, 0.25) is 0 Å². The van der Waals surface area contributed by atoms with Gasteiger partial charge in [-0.15, -0.1) is 5.10 Å². The van der Waals surface area contributed by atoms with E-state index < -0.39 is 0 Å². The average molecular weight is 447 g/mol. The molecular weight excluding hydrogens is 424 g/mol. The molecule has 32 heavy (non-hydrogen) atoms. The monoisotopic (exact) mass is 446 g/mol. The highest BCUT2D eigenvalue weighted by Crippen LogP contribution is 2.26. The van der Waals surface area contributed by atoms with Crippen molar-refractivity contribution in [1.29, 1.82) is 0 Å². The molecule has 0 aliphatic heterocycles. The minimum Gasteiger partial charge on any atom is -0.488 e. The van der Waals surface area contributed by atoms with Crippen LogP contribution < -0.4 is 10.1 Å². The molecule has 0 bridgehead atoms. The zero-order chi connectivity index (χ0) is 22.5. The van der Waals surface area contributed by atoms with E-state index in [1.807, 2.05) is 68.6 Å². The number of thioether (sulfide) groups is 1. The molecule has 4 rings (SSSR count). The number of pyridine rings is 1. The molecule has 9 heteroatoms. The Balaban J connectivity index is 1.50. The summed E-state index contributed by atoms with van der Waals surface area (Å²) < 4.78 is 7.62. The Kier molecular flexibility index (Phi) is 6.46. The fourth-order valence-corrected chi connectivity index (χ4v) is 3.77. The SMILES string of the molecule is CSc1nnnn1-c1cccc(NC(=O)c2cc(C)c(OCc3cccnc3)c(C)c2)c1. The zero-order valence-electron chi connectivity index (χ0n) is 17.9. The molecule has 0 saturated heterocycles. The summed E-state index contributed by atoms with van der Waals surface area (Å²) in [5.41, 5.74) is 4.76. The fourth-order valence-electron chi connectivity index (χ4n) is 3.33. The normalized spacial score (nSPS) is 10.7. The summed E-state index contributed by atoms with van der Waals surface area (Å²) in [5.74, 6) is 0.574. The van der Waals surface area contributed by atoms with E-state index in [2.05, 4.69) is 25.8 Å². The lowest BCUT2D eigenvalue weighted by atomic mass is 10.0. The van der Waals surface area contributed by atoms with Gasteiger partial charge in [0.1, 0.15) is 12.4 Å². The Hall–Kier alpha value is -3.72. The quantitative estimate of drug-likeness (QED) is 0.425. The number of rotatable bonds is 7. The number of nitrogens with zero attached hydrogens (tertiary/aromatic N) is 5. The number of amides is 1. The minimum absolute atomic E-state index is 0.200. The van der Waals surface area contributed by atoms with Gasteiger partial charge in [-0.25, -0.2) is 0 Å². The predicted molar refractivity (Wildman–Crippen MR) is 123 cm³/mol. The maximum absolute atomic E-state index is 12.9. The van der Waals surface area contributed by atoms with Crippen molar-refractivity contribution in [3.8, 4) is 11.4 Å². The first kappa shape index (κ1) is 21.5. The number of tetrazole rings is 1. The highest BCUT2D eigenvalue weighted by atomic mass is 32.2. The van der Waals surface area contributed by atoms with Gasteiger partial charge in [0.25, 0.3) is 5.91 Å². The largest absolute Gasteiger partial charge is 0.488 e. The van der Waals surface area contributed by atoms with E-state index >= 15 is 0 Å². The van der Waals surface area contributed by atoms with Gasteiger partial charge in [-0.3, -0.25) is 9.78 Å². The maximum Gasteiger partial charge on any atom is 0.255 e. The molecule has 0 aliphatic rings. The lowest BCUT2D eigenvalue weighted by Gasteiger charge is -2.14. The van der Waals surface area contributed by atoms with Crippen molar-refractivity contribution in [2.75, 3.05) is 11.6 Å². The molecule has 1 N–H and O–H groups in total. The number of hydrogen-bond acceptors (Lipinski definition) is 7. The Bertz CT molecular complexity index is 1220. The smallest absolute Gasteiger partial charge is 0.255 e. The second-order valence-electron chi connectivity index (χ2n) is 7.17. The minimum atomic E-state index is -0.200. The van der Waals surface area contributed by atoms with Gasteiger partial charge in [0, 0.05) is 29.2 Å². The lowest BCUT2D eigenvalue weighted by Crippen LogP contribution is -2.13. The van der Waals surface area contributed by atoms with Crippen LogP contribution >= 0.6 is 11.8 Å². The third kappa shape index (κ3) is 4.78. The fraction of sp³-hybridized carbons (Fsp3) is 0.174. The molecule has 0 unspecified atom stereocenters. The Morgan fingerprint density at radius 1 is 1.12 bits per heavy atom. The molecule has 0 atom stereocenters. The molecule has 0 aliphatic carbocycles. The topological polar surface area (TPSA) is 94.8 Å². The Morgan fingerprint density at radius 2 is 1.94 bits per heavy atom. The Labute approximate surface area is 190 Å². The zero-order valence-corrected chi connectivity index (χ0v) is 18.8.